The van der Waals surface area contributed by atoms with E-state index in [-0.39, 0.29) is 17.1 Å². The van der Waals surface area contributed by atoms with E-state index in [9.17, 15) is 9.59 Å². The Labute approximate surface area is 98.5 Å². The summed E-state index contributed by atoms with van der Waals surface area (Å²) in [4.78, 5) is 22.6. The molecule has 4 heteroatoms. The fourth-order valence-electron chi connectivity index (χ4n) is 1.22. The molecule has 16 heavy (non-hydrogen) atoms. The van der Waals surface area contributed by atoms with Gasteiger partial charge in [-0.2, -0.15) is 0 Å². The fraction of sp³-hybridized carbons (Fsp3) is 0.333. The van der Waals surface area contributed by atoms with Crippen LogP contribution in [0.2, 0.25) is 0 Å². The van der Waals surface area contributed by atoms with Gasteiger partial charge in [-0.3, -0.25) is 9.59 Å². The molecular formula is C12H14O3S. The Morgan fingerprint density at radius 3 is 2.69 bits per heavy atom. The lowest BCUT2D eigenvalue weighted by molar-refractivity contribution is -0.133. The van der Waals surface area contributed by atoms with Gasteiger partial charge in [0.05, 0.1) is 10.6 Å². The molecule has 86 valence electrons. The van der Waals surface area contributed by atoms with Gasteiger partial charge in [0.15, 0.2) is 5.43 Å². The number of hydrogen-bond donors (Lipinski definition) is 1. The van der Waals surface area contributed by atoms with Gasteiger partial charge >= 0.3 is 5.97 Å². The summed E-state index contributed by atoms with van der Waals surface area (Å²) in [5.41, 5.74) is 0.854. The smallest absolute Gasteiger partial charge is 0.313 e. The first kappa shape index (κ1) is 12.8. The molecule has 1 rings (SSSR count). The highest BCUT2D eigenvalue weighted by Crippen LogP contribution is 2.15. The second-order valence-corrected chi connectivity index (χ2v) is 4.75. The molecule has 0 heterocycles. The Balaban J connectivity index is 3.01. The average molecular weight is 238 g/mol. The number of rotatable bonds is 4. The second kappa shape index (κ2) is 5.70. The van der Waals surface area contributed by atoms with Crippen molar-refractivity contribution in [1.82, 2.24) is 0 Å². The van der Waals surface area contributed by atoms with Crippen LogP contribution in [0.4, 0.5) is 0 Å². The van der Waals surface area contributed by atoms with Gasteiger partial charge in [-0.15, -0.1) is 11.8 Å². The molecule has 0 amide bonds. The van der Waals surface area contributed by atoms with Gasteiger partial charge in [0.25, 0.3) is 0 Å². The van der Waals surface area contributed by atoms with E-state index in [2.05, 4.69) is 0 Å². The number of carboxylic acid groups (broad SMARTS) is 1. The van der Waals surface area contributed by atoms with Crippen molar-refractivity contribution in [2.24, 2.45) is 0 Å². The monoisotopic (exact) mass is 238 g/mol. The molecule has 0 atom stereocenters. The van der Waals surface area contributed by atoms with Crippen LogP contribution in [0.5, 0.6) is 0 Å². The largest absolute Gasteiger partial charge is 0.481 e. The van der Waals surface area contributed by atoms with Crippen LogP contribution < -0.4 is 5.43 Å². The summed E-state index contributed by atoms with van der Waals surface area (Å²) in [5, 5.41) is 8.55. The molecule has 1 aromatic rings. The van der Waals surface area contributed by atoms with Gasteiger partial charge in [-0.25, -0.2) is 0 Å². The molecule has 1 N–H and O–H groups in total. The quantitative estimate of drug-likeness (QED) is 0.818. The first-order valence-corrected chi connectivity index (χ1v) is 5.98. The van der Waals surface area contributed by atoms with E-state index in [0.29, 0.717) is 4.90 Å². The van der Waals surface area contributed by atoms with Crippen molar-refractivity contribution in [3.05, 3.63) is 40.1 Å². The van der Waals surface area contributed by atoms with Crippen LogP contribution in [0, 0.1) is 0 Å². The average Bonchev–Trinajstić information content (AvgIpc) is 2.37. The van der Waals surface area contributed by atoms with Gasteiger partial charge in [0.1, 0.15) is 0 Å². The van der Waals surface area contributed by atoms with Crippen molar-refractivity contribution < 1.29 is 9.90 Å². The van der Waals surface area contributed by atoms with Gasteiger partial charge in [0.2, 0.25) is 0 Å². The Hall–Kier alpha value is -1.29. The van der Waals surface area contributed by atoms with Crippen LogP contribution >= 0.6 is 11.8 Å². The van der Waals surface area contributed by atoms with E-state index >= 15 is 0 Å². The zero-order valence-corrected chi connectivity index (χ0v) is 10.1. The lowest BCUT2D eigenvalue weighted by atomic mass is 10.1. The molecule has 0 fully saturated rings. The molecule has 0 aromatic heterocycles. The van der Waals surface area contributed by atoms with E-state index in [0.717, 1.165) is 17.3 Å². The number of carboxylic acids is 1. The number of hydrogen-bond acceptors (Lipinski definition) is 3. The number of thioether (sulfide) groups is 1. The molecule has 0 aliphatic rings. The summed E-state index contributed by atoms with van der Waals surface area (Å²) in [6, 6.07) is 6.93. The second-order valence-electron chi connectivity index (χ2n) is 3.74. The molecule has 0 aliphatic heterocycles. The van der Waals surface area contributed by atoms with Gasteiger partial charge in [-0.1, -0.05) is 26.0 Å². The van der Waals surface area contributed by atoms with E-state index in [1.807, 2.05) is 19.9 Å². The van der Waals surface area contributed by atoms with Crippen LogP contribution in [0.1, 0.15) is 25.3 Å². The van der Waals surface area contributed by atoms with Crippen LogP contribution in [0.15, 0.2) is 34.0 Å². The van der Waals surface area contributed by atoms with Crippen molar-refractivity contribution in [3.8, 4) is 0 Å². The molecule has 1 aromatic carbocycles. The van der Waals surface area contributed by atoms with Crippen molar-refractivity contribution in [2.75, 3.05) is 5.75 Å². The zero-order valence-electron chi connectivity index (χ0n) is 9.27. The van der Waals surface area contributed by atoms with Gasteiger partial charge in [-0.05, 0) is 23.6 Å². The maximum absolute atomic E-state index is 11.7. The summed E-state index contributed by atoms with van der Waals surface area (Å²) in [5.74, 6) is -0.714. The van der Waals surface area contributed by atoms with E-state index in [1.165, 1.54) is 0 Å². The normalized spacial score (nSPS) is 10.4. The Bertz CT molecular complexity index is 441. The lowest BCUT2D eigenvalue weighted by Crippen LogP contribution is -2.04. The number of carbonyl (C=O) groups is 1. The molecule has 0 saturated heterocycles. The number of aliphatic carboxylic acids is 1. The summed E-state index contributed by atoms with van der Waals surface area (Å²) >= 11 is 1.06. The van der Waals surface area contributed by atoms with Crippen LogP contribution in [0.3, 0.4) is 0 Å². The molecular weight excluding hydrogens is 224 g/mol. The molecule has 0 aliphatic carbocycles. The molecule has 0 spiro atoms. The maximum Gasteiger partial charge on any atom is 0.313 e. The minimum absolute atomic E-state index is 0.0870. The summed E-state index contributed by atoms with van der Waals surface area (Å²) in [6.45, 7) is 4.03. The SMILES string of the molecule is CC(C)c1cccc(SCC(=O)O)c(=O)c1. The minimum Gasteiger partial charge on any atom is -0.481 e. The molecule has 3 nitrogen and oxygen atoms in total. The first-order valence-electron chi connectivity index (χ1n) is 4.99. The van der Waals surface area contributed by atoms with Crippen molar-refractivity contribution in [2.45, 2.75) is 24.7 Å². The van der Waals surface area contributed by atoms with Crippen LogP contribution in [-0.4, -0.2) is 16.8 Å². The van der Waals surface area contributed by atoms with Gasteiger partial charge < -0.3 is 5.11 Å². The minimum atomic E-state index is -0.917. The summed E-state index contributed by atoms with van der Waals surface area (Å²) in [6.07, 6.45) is 0. The van der Waals surface area contributed by atoms with Crippen molar-refractivity contribution >= 4 is 17.7 Å². The third-order valence-electron chi connectivity index (χ3n) is 2.09. The highest BCUT2D eigenvalue weighted by atomic mass is 32.2. The van der Waals surface area contributed by atoms with E-state index in [4.69, 9.17) is 5.11 Å². The van der Waals surface area contributed by atoms with E-state index in [1.54, 1.807) is 18.2 Å². The summed E-state index contributed by atoms with van der Waals surface area (Å²) < 4.78 is 0. The highest BCUT2D eigenvalue weighted by Gasteiger charge is 2.04. The predicted molar refractivity (Wildman–Crippen MR) is 65.2 cm³/mol. The molecule has 0 radical (unpaired) electrons. The molecule has 0 saturated carbocycles. The van der Waals surface area contributed by atoms with Gasteiger partial charge in [0, 0.05) is 0 Å². The summed E-state index contributed by atoms with van der Waals surface area (Å²) in [7, 11) is 0. The topological polar surface area (TPSA) is 54.4 Å². The standard InChI is InChI=1S/C12H14O3S/c1-8(2)9-4-3-5-11(10(13)6-9)16-7-12(14)15/h3-6,8H,7H2,1-2H3,(H,14,15). The molecule has 0 unspecified atom stereocenters. The fourth-order valence-corrected chi connectivity index (χ4v) is 1.87. The van der Waals surface area contributed by atoms with Crippen LogP contribution in [-0.2, 0) is 4.79 Å². The zero-order chi connectivity index (χ0) is 12.1. The van der Waals surface area contributed by atoms with Crippen LogP contribution in [0.25, 0.3) is 0 Å². The molecule has 0 bridgehead atoms. The predicted octanol–water partition coefficient (Wildman–Crippen LogP) is 2.35. The highest BCUT2D eigenvalue weighted by molar-refractivity contribution is 8.00. The van der Waals surface area contributed by atoms with Crippen molar-refractivity contribution in [3.63, 3.8) is 0 Å². The van der Waals surface area contributed by atoms with Crippen molar-refractivity contribution in [1.29, 1.82) is 0 Å². The maximum atomic E-state index is 11.7. The lowest BCUT2D eigenvalue weighted by Gasteiger charge is -1.99. The third-order valence-corrected chi connectivity index (χ3v) is 3.13. The Kier molecular flexibility index (Phi) is 4.55. The van der Waals surface area contributed by atoms with E-state index < -0.39 is 5.97 Å². The Morgan fingerprint density at radius 1 is 1.44 bits per heavy atom. The first-order chi connectivity index (χ1) is 7.50. The Morgan fingerprint density at radius 2 is 2.12 bits per heavy atom. The third kappa shape index (κ3) is 3.70.